The summed E-state index contributed by atoms with van der Waals surface area (Å²) < 4.78 is 5.12. The summed E-state index contributed by atoms with van der Waals surface area (Å²) in [7, 11) is 1.76. The van der Waals surface area contributed by atoms with E-state index in [0.29, 0.717) is 0 Å². The van der Waals surface area contributed by atoms with Gasteiger partial charge < -0.3 is 10.1 Å². The number of rotatable bonds is 7. The van der Waals surface area contributed by atoms with E-state index in [1.807, 2.05) is 0 Å². The number of benzene rings is 1. The zero-order valence-electron chi connectivity index (χ0n) is 13.5. The van der Waals surface area contributed by atoms with Crippen LogP contribution in [0.2, 0.25) is 0 Å². The predicted molar refractivity (Wildman–Crippen MR) is 90.5 cm³/mol. The summed E-state index contributed by atoms with van der Waals surface area (Å²) in [5, 5.41) is 3.53. The number of aryl methyl sites for hydroxylation is 1. The molecule has 0 bridgehead atoms. The molecule has 0 spiro atoms. The highest BCUT2D eigenvalue weighted by atomic mass is 16.5. The lowest BCUT2D eigenvalue weighted by atomic mass is 9.82. The van der Waals surface area contributed by atoms with Gasteiger partial charge in [0.15, 0.2) is 0 Å². The first-order valence-electron chi connectivity index (χ1n) is 8.27. The molecule has 1 aromatic carbocycles. The average Bonchev–Trinajstić information content (AvgIpc) is 2.53. The van der Waals surface area contributed by atoms with Crippen LogP contribution in [-0.4, -0.2) is 26.8 Å². The van der Waals surface area contributed by atoms with Crippen LogP contribution >= 0.6 is 0 Å². The van der Waals surface area contributed by atoms with Gasteiger partial charge in [-0.1, -0.05) is 55.2 Å². The minimum atomic E-state index is 0.758. The Hall–Kier alpha value is -1.12. The zero-order valence-corrected chi connectivity index (χ0v) is 13.5. The van der Waals surface area contributed by atoms with Gasteiger partial charge >= 0.3 is 0 Å². The minimum Gasteiger partial charge on any atom is -0.383 e. The topological polar surface area (TPSA) is 21.3 Å². The number of nitrogens with one attached hydrogen (secondary N) is 1. The third-order valence-corrected chi connectivity index (χ3v) is 4.47. The fraction of sp³-hybridized carbons (Fsp3) is 0.579. The predicted octanol–water partition coefficient (Wildman–Crippen LogP) is 4.19. The maximum atomic E-state index is 5.12. The molecule has 2 rings (SSSR count). The van der Waals surface area contributed by atoms with E-state index in [-0.39, 0.29) is 0 Å². The Kier molecular flexibility index (Phi) is 6.98. The van der Waals surface area contributed by atoms with Gasteiger partial charge in [0.05, 0.1) is 6.61 Å². The molecule has 21 heavy (non-hydrogen) atoms. The summed E-state index contributed by atoms with van der Waals surface area (Å²) in [6.45, 7) is 4.89. The fourth-order valence-electron chi connectivity index (χ4n) is 3.14. The lowest BCUT2D eigenvalue weighted by Gasteiger charge is -2.25. The average molecular weight is 287 g/mol. The summed E-state index contributed by atoms with van der Waals surface area (Å²) in [6, 6.07) is 8.68. The molecule has 0 amide bonds. The molecule has 1 aliphatic carbocycles. The van der Waals surface area contributed by atoms with Crippen molar-refractivity contribution in [1.29, 1.82) is 0 Å². The van der Waals surface area contributed by atoms with Crippen LogP contribution in [-0.2, 0) is 4.74 Å². The third kappa shape index (κ3) is 5.29. The van der Waals surface area contributed by atoms with E-state index in [1.165, 1.54) is 43.2 Å². The normalized spacial score (nSPS) is 17.1. The monoisotopic (exact) mass is 287 g/mol. The van der Waals surface area contributed by atoms with Crippen molar-refractivity contribution in [2.24, 2.45) is 5.92 Å². The quantitative estimate of drug-likeness (QED) is 0.759. The maximum absolute atomic E-state index is 5.12. The molecule has 1 N–H and O–H groups in total. The maximum Gasteiger partial charge on any atom is 0.0587 e. The van der Waals surface area contributed by atoms with Crippen LogP contribution in [0.5, 0.6) is 0 Å². The molecule has 0 radical (unpaired) electrons. The fourth-order valence-corrected chi connectivity index (χ4v) is 3.14. The SMILES string of the molecule is COCCNC/C(=C/c1ccccc1C)C1CCCCC1. The molecule has 0 saturated heterocycles. The first-order chi connectivity index (χ1) is 10.3. The van der Waals surface area contributed by atoms with Gasteiger partial charge in [0.2, 0.25) is 0 Å². The van der Waals surface area contributed by atoms with Crippen molar-refractivity contribution in [2.75, 3.05) is 26.8 Å². The van der Waals surface area contributed by atoms with Crippen LogP contribution in [0, 0.1) is 12.8 Å². The molecule has 1 aliphatic rings. The molecule has 0 aromatic heterocycles. The van der Waals surface area contributed by atoms with Crippen LogP contribution < -0.4 is 5.32 Å². The van der Waals surface area contributed by atoms with Crippen LogP contribution in [0.3, 0.4) is 0 Å². The Morgan fingerprint density at radius 2 is 2.00 bits per heavy atom. The molecular formula is C19H29NO. The second-order valence-corrected chi connectivity index (χ2v) is 6.08. The molecule has 2 heteroatoms. The summed E-state index contributed by atoms with van der Waals surface area (Å²) in [5.41, 5.74) is 4.30. The zero-order chi connectivity index (χ0) is 14.9. The van der Waals surface area contributed by atoms with Gasteiger partial charge in [-0.15, -0.1) is 0 Å². The summed E-state index contributed by atoms with van der Waals surface area (Å²) >= 11 is 0. The number of ether oxygens (including phenoxy) is 1. The van der Waals surface area contributed by atoms with Crippen LogP contribution in [0.1, 0.15) is 43.2 Å². The Morgan fingerprint density at radius 1 is 1.24 bits per heavy atom. The molecule has 1 saturated carbocycles. The second kappa shape index (κ2) is 9.01. The third-order valence-electron chi connectivity index (χ3n) is 4.47. The van der Waals surface area contributed by atoms with Crippen LogP contribution in [0.15, 0.2) is 29.8 Å². The van der Waals surface area contributed by atoms with Crippen LogP contribution in [0.4, 0.5) is 0 Å². The van der Waals surface area contributed by atoms with E-state index in [4.69, 9.17) is 4.74 Å². The van der Waals surface area contributed by atoms with E-state index < -0.39 is 0 Å². The van der Waals surface area contributed by atoms with Gasteiger partial charge in [0.25, 0.3) is 0 Å². The minimum absolute atomic E-state index is 0.758. The van der Waals surface area contributed by atoms with Crippen molar-refractivity contribution in [2.45, 2.75) is 39.0 Å². The van der Waals surface area contributed by atoms with Gasteiger partial charge in [-0.05, 0) is 36.8 Å². The van der Waals surface area contributed by atoms with Crippen molar-refractivity contribution in [3.8, 4) is 0 Å². The Labute approximate surface area is 129 Å². The highest BCUT2D eigenvalue weighted by molar-refractivity contribution is 5.57. The standard InChI is InChI=1S/C19H29NO/c1-16-8-6-7-11-18(16)14-19(15-20-12-13-21-2)17-9-4-3-5-10-17/h6-8,11,14,17,20H,3-5,9-10,12-13,15H2,1-2H3/b19-14-. The Bertz CT molecular complexity index is 447. The van der Waals surface area contributed by atoms with Gasteiger partial charge in [0, 0.05) is 20.2 Å². The molecule has 0 aliphatic heterocycles. The molecule has 1 aromatic rings. The van der Waals surface area contributed by atoms with E-state index in [0.717, 1.165) is 25.6 Å². The first kappa shape index (κ1) is 16.3. The smallest absolute Gasteiger partial charge is 0.0587 e. The van der Waals surface area contributed by atoms with E-state index in [1.54, 1.807) is 12.7 Å². The van der Waals surface area contributed by atoms with Crippen LogP contribution in [0.25, 0.3) is 6.08 Å². The molecule has 0 heterocycles. The van der Waals surface area contributed by atoms with E-state index in [9.17, 15) is 0 Å². The molecule has 1 fully saturated rings. The van der Waals surface area contributed by atoms with Crippen molar-refractivity contribution in [3.63, 3.8) is 0 Å². The molecule has 2 nitrogen and oxygen atoms in total. The van der Waals surface area contributed by atoms with Gasteiger partial charge in [-0.25, -0.2) is 0 Å². The first-order valence-corrected chi connectivity index (χ1v) is 8.27. The number of hydrogen-bond donors (Lipinski definition) is 1. The van der Waals surface area contributed by atoms with Crippen molar-refractivity contribution in [1.82, 2.24) is 5.32 Å². The number of hydrogen-bond acceptors (Lipinski definition) is 2. The number of methoxy groups -OCH3 is 1. The van der Waals surface area contributed by atoms with E-state index >= 15 is 0 Å². The van der Waals surface area contributed by atoms with Gasteiger partial charge in [-0.2, -0.15) is 0 Å². The lowest BCUT2D eigenvalue weighted by molar-refractivity contribution is 0.200. The molecule has 116 valence electrons. The Balaban J connectivity index is 2.08. The molecule has 0 atom stereocenters. The summed E-state index contributed by atoms with van der Waals surface area (Å²) in [5.74, 6) is 0.758. The summed E-state index contributed by atoms with van der Waals surface area (Å²) in [6.07, 6.45) is 9.30. The van der Waals surface area contributed by atoms with Crippen molar-refractivity contribution < 1.29 is 4.74 Å². The van der Waals surface area contributed by atoms with E-state index in [2.05, 4.69) is 42.6 Å². The lowest BCUT2D eigenvalue weighted by Crippen LogP contribution is -2.25. The van der Waals surface area contributed by atoms with Crippen molar-refractivity contribution in [3.05, 3.63) is 41.0 Å². The molecule has 0 unspecified atom stereocenters. The van der Waals surface area contributed by atoms with Gasteiger partial charge in [-0.3, -0.25) is 0 Å². The van der Waals surface area contributed by atoms with Gasteiger partial charge in [0.1, 0.15) is 0 Å². The van der Waals surface area contributed by atoms with Crippen molar-refractivity contribution >= 4 is 6.08 Å². The summed E-state index contributed by atoms with van der Waals surface area (Å²) in [4.78, 5) is 0. The Morgan fingerprint density at radius 3 is 2.71 bits per heavy atom. The highest BCUT2D eigenvalue weighted by Crippen LogP contribution is 2.30. The highest BCUT2D eigenvalue weighted by Gasteiger charge is 2.17. The largest absolute Gasteiger partial charge is 0.383 e. The molecular weight excluding hydrogens is 258 g/mol. The second-order valence-electron chi connectivity index (χ2n) is 6.08.